The summed E-state index contributed by atoms with van der Waals surface area (Å²) < 4.78 is 34.7. The fourth-order valence-corrected chi connectivity index (χ4v) is 6.32. The largest absolute Gasteiger partial charge is 0.494 e. The van der Waals surface area contributed by atoms with Gasteiger partial charge in [-0.1, -0.05) is 36.8 Å². The molecular weight excluding hydrogens is 558 g/mol. The van der Waals surface area contributed by atoms with Gasteiger partial charge in [0, 0.05) is 18.0 Å². The van der Waals surface area contributed by atoms with E-state index < -0.39 is 28.5 Å². The van der Waals surface area contributed by atoms with Crippen LogP contribution in [0.4, 0.5) is 5.69 Å². The summed E-state index contributed by atoms with van der Waals surface area (Å²) >= 11 is 1.51. The first-order valence-electron chi connectivity index (χ1n) is 13.7. The number of likely N-dealkylation sites (N-methyl/N-ethyl adjacent to an activating group) is 1. The maximum absolute atomic E-state index is 14.1. The van der Waals surface area contributed by atoms with Gasteiger partial charge in [0.1, 0.15) is 18.3 Å². The van der Waals surface area contributed by atoms with E-state index in [1.54, 1.807) is 48.5 Å². The predicted molar refractivity (Wildman–Crippen MR) is 165 cm³/mol. The van der Waals surface area contributed by atoms with E-state index in [0.29, 0.717) is 31.0 Å². The van der Waals surface area contributed by atoms with E-state index in [0.717, 1.165) is 20.3 Å². The molecule has 0 unspecified atom stereocenters. The lowest BCUT2D eigenvalue weighted by atomic mass is 10.1. The van der Waals surface area contributed by atoms with Crippen molar-refractivity contribution >= 4 is 39.3 Å². The average Bonchev–Trinajstić information content (AvgIpc) is 2.96. The Morgan fingerprint density at radius 2 is 1.66 bits per heavy atom. The second-order valence-electron chi connectivity index (χ2n) is 9.44. The van der Waals surface area contributed by atoms with Gasteiger partial charge in [0.15, 0.2) is 0 Å². The van der Waals surface area contributed by atoms with Gasteiger partial charge in [-0.15, -0.1) is 11.8 Å². The Morgan fingerprint density at radius 1 is 0.976 bits per heavy atom. The second kappa shape index (κ2) is 14.9. The number of nitrogens with zero attached hydrogens (tertiary/aromatic N) is 2. The normalized spacial score (nSPS) is 11.9. The van der Waals surface area contributed by atoms with E-state index in [1.165, 1.54) is 16.7 Å². The summed E-state index contributed by atoms with van der Waals surface area (Å²) in [6.07, 6.45) is 2.28. The molecule has 220 valence electrons. The molecule has 1 N–H and O–H groups in total. The molecule has 41 heavy (non-hydrogen) atoms. The van der Waals surface area contributed by atoms with Crippen LogP contribution in [0, 0.1) is 6.92 Å². The van der Waals surface area contributed by atoms with Gasteiger partial charge in [-0.2, -0.15) is 0 Å². The highest BCUT2D eigenvalue weighted by Gasteiger charge is 2.33. The van der Waals surface area contributed by atoms with Gasteiger partial charge in [-0.3, -0.25) is 13.9 Å². The van der Waals surface area contributed by atoms with Crippen LogP contribution >= 0.6 is 11.8 Å². The van der Waals surface area contributed by atoms with Crippen LogP contribution in [0.3, 0.4) is 0 Å². The number of carbonyl (C=O) groups excluding carboxylic acids is 2. The van der Waals surface area contributed by atoms with E-state index in [9.17, 15) is 18.0 Å². The topological polar surface area (TPSA) is 96.0 Å². The van der Waals surface area contributed by atoms with Gasteiger partial charge >= 0.3 is 0 Å². The van der Waals surface area contributed by atoms with Crippen molar-refractivity contribution in [1.29, 1.82) is 0 Å². The van der Waals surface area contributed by atoms with Crippen LogP contribution in [0.25, 0.3) is 0 Å². The summed E-state index contributed by atoms with van der Waals surface area (Å²) in [5.41, 5.74) is 2.19. The predicted octanol–water partition coefficient (Wildman–Crippen LogP) is 5.25. The van der Waals surface area contributed by atoms with Crippen LogP contribution in [0.1, 0.15) is 38.3 Å². The van der Waals surface area contributed by atoms with Gasteiger partial charge in [-0.05, 0) is 87.5 Å². The van der Waals surface area contributed by atoms with Crippen molar-refractivity contribution in [2.45, 2.75) is 56.5 Å². The van der Waals surface area contributed by atoms with Gasteiger partial charge in [-0.25, -0.2) is 8.42 Å². The molecule has 3 rings (SSSR count). The number of carbonyl (C=O) groups is 2. The molecule has 0 aromatic heterocycles. The monoisotopic (exact) mass is 597 g/mol. The van der Waals surface area contributed by atoms with E-state index in [-0.39, 0.29) is 17.3 Å². The fraction of sp³-hybridized carbons (Fsp3) is 0.355. The Morgan fingerprint density at radius 3 is 2.22 bits per heavy atom. The lowest BCUT2D eigenvalue weighted by Gasteiger charge is -2.33. The van der Waals surface area contributed by atoms with Crippen molar-refractivity contribution in [3.05, 3.63) is 83.9 Å². The molecule has 10 heteroatoms. The molecule has 2 amide bonds. The number of sulfonamides is 1. The number of ether oxygens (including phenoxy) is 1. The van der Waals surface area contributed by atoms with Crippen molar-refractivity contribution in [2.75, 3.05) is 30.3 Å². The van der Waals surface area contributed by atoms with Crippen molar-refractivity contribution in [3.8, 4) is 5.75 Å². The Balaban J connectivity index is 2.06. The first-order valence-corrected chi connectivity index (χ1v) is 16.3. The standard InChI is InChI=1S/C31H39N3O5S2/c1-6-29(31(36)32-7-2)33(21-24-11-9-10-23(4)20-24)30(35)22-34(25-12-14-26(15-13-25)39-8-3)41(37,38)28-18-16-27(40-5)17-19-28/h9-20,29H,6-8,21-22H2,1-5H3,(H,32,36)/t29-/m1/s1. The molecule has 3 aromatic carbocycles. The van der Waals surface area contributed by atoms with Gasteiger partial charge in [0.05, 0.1) is 17.2 Å². The van der Waals surface area contributed by atoms with Crippen LogP contribution in [-0.2, 0) is 26.2 Å². The highest BCUT2D eigenvalue weighted by atomic mass is 32.2. The fourth-order valence-electron chi connectivity index (χ4n) is 4.50. The van der Waals surface area contributed by atoms with Crippen molar-refractivity contribution in [3.63, 3.8) is 0 Å². The zero-order valence-corrected chi connectivity index (χ0v) is 25.9. The maximum Gasteiger partial charge on any atom is 0.264 e. The number of rotatable bonds is 14. The highest BCUT2D eigenvalue weighted by Crippen LogP contribution is 2.28. The van der Waals surface area contributed by atoms with Crippen LogP contribution < -0.4 is 14.4 Å². The number of aryl methyl sites for hydroxylation is 1. The molecule has 1 atom stereocenters. The van der Waals surface area contributed by atoms with Crippen LogP contribution in [0.15, 0.2) is 82.6 Å². The number of amides is 2. The van der Waals surface area contributed by atoms with Crippen LogP contribution in [-0.4, -0.2) is 57.1 Å². The lowest BCUT2D eigenvalue weighted by molar-refractivity contribution is -0.140. The smallest absolute Gasteiger partial charge is 0.264 e. The SMILES string of the molecule is CCNC(=O)[C@@H](CC)N(Cc1cccc(C)c1)C(=O)CN(c1ccc(OCC)cc1)S(=O)(=O)c1ccc(SC)cc1. The van der Waals surface area contributed by atoms with E-state index >= 15 is 0 Å². The summed E-state index contributed by atoms with van der Waals surface area (Å²) in [7, 11) is -4.14. The van der Waals surface area contributed by atoms with E-state index in [4.69, 9.17) is 4.74 Å². The summed E-state index contributed by atoms with van der Waals surface area (Å²) in [6.45, 7) is 8.04. The average molecular weight is 598 g/mol. The van der Waals surface area contributed by atoms with Crippen molar-refractivity contribution in [1.82, 2.24) is 10.2 Å². The first-order chi connectivity index (χ1) is 19.6. The molecule has 0 saturated heterocycles. The summed E-state index contributed by atoms with van der Waals surface area (Å²) in [5.74, 6) is -0.172. The summed E-state index contributed by atoms with van der Waals surface area (Å²) in [5, 5.41) is 2.82. The van der Waals surface area contributed by atoms with Gasteiger partial charge in [0.2, 0.25) is 11.8 Å². The molecular formula is C31H39N3O5S2. The van der Waals surface area contributed by atoms with Crippen LogP contribution in [0.2, 0.25) is 0 Å². The summed E-state index contributed by atoms with van der Waals surface area (Å²) in [6, 6.07) is 20.1. The minimum Gasteiger partial charge on any atom is -0.494 e. The van der Waals surface area contributed by atoms with Crippen molar-refractivity contribution < 1.29 is 22.7 Å². The minimum atomic E-state index is -4.14. The zero-order chi connectivity index (χ0) is 30.0. The zero-order valence-electron chi connectivity index (χ0n) is 24.3. The molecule has 0 aliphatic heterocycles. The molecule has 0 bridgehead atoms. The van der Waals surface area contributed by atoms with E-state index in [2.05, 4.69) is 5.32 Å². The molecule has 0 fully saturated rings. The molecule has 0 spiro atoms. The Labute approximate surface area is 248 Å². The molecule has 8 nitrogen and oxygen atoms in total. The number of anilines is 1. The number of hydrogen-bond donors (Lipinski definition) is 1. The van der Waals surface area contributed by atoms with Gasteiger partial charge < -0.3 is 15.0 Å². The maximum atomic E-state index is 14.1. The number of hydrogen-bond acceptors (Lipinski definition) is 6. The Kier molecular flexibility index (Phi) is 11.7. The molecule has 0 aliphatic carbocycles. The number of benzene rings is 3. The third kappa shape index (κ3) is 8.27. The Hall–Kier alpha value is -3.50. The third-order valence-electron chi connectivity index (χ3n) is 6.53. The lowest BCUT2D eigenvalue weighted by Crippen LogP contribution is -2.52. The highest BCUT2D eigenvalue weighted by molar-refractivity contribution is 7.98. The Bertz CT molecular complexity index is 1410. The first kappa shape index (κ1) is 32.0. The molecule has 0 radical (unpaired) electrons. The molecule has 3 aromatic rings. The number of nitrogens with one attached hydrogen (secondary N) is 1. The number of thioether (sulfide) groups is 1. The van der Waals surface area contributed by atoms with Crippen molar-refractivity contribution in [2.24, 2.45) is 0 Å². The third-order valence-corrected chi connectivity index (χ3v) is 9.07. The second-order valence-corrected chi connectivity index (χ2v) is 12.2. The van der Waals surface area contributed by atoms with E-state index in [1.807, 2.05) is 58.2 Å². The molecule has 0 heterocycles. The quantitative estimate of drug-likeness (QED) is 0.255. The molecule has 0 saturated carbocycles. The van der Waals surface area contributed by atoms with Crippen LogP contribution in [0.5, 0.6) is 5.75 Å². The van der Waals surface area contributed by atoms with Gasteiger partial charge in [0.25, 0.3) is 10.0 Å². The minimum absolute atomic E-state index is 0.0676. The summed E-state index contributed by atoms with van der Waals surface area (Å²) in [4.78, 5) is 29.6. The molecule has 0 aliphatic rings.